The van der Waals surface area contributed by atoms with Crippen LogP contribution >= 0.6 is 0 Å². The van der Waals surface area contributed by atoms with Crippen molar-refractivity contribution in [3.8, 4) is 22.9 Å². The number of hydrogen-bond donors (Lipinski definition) is 1. The van der Waals surface area contributed by atoms with Crippen LogP contribution in [0.4, 0.5) is 19.1 Å². The van der Waals surface area contributed by atoms with Crippen LogP contribution < -0.4 is 26.0 Å². The van der Waals surface area contributed by atoms with E-state index in [1.165, 1.54) is 7.11 Å². The third kappa shape index (κ3) is 5.65. The fourth-order valence-corrected chi connectivity index (χ4v) is 3.98. The van der Waals surface area contributed by atoms with Gasteiger partial charge < -0.3 is 14.8 Å². The first kappa shape index (κ1) is 26.5. The third-order valence-electron chi connectivity index (χ3n) is 5.92. The molecule has 0 saturated carbocycles. The van der Waals surface area contributed by atoms with Crippen LogP contribution in [0.1, 0.15) is 5.56 Å². The van der Waals surface area contributed by atoms with E-state index in [0.29, 0.717) is 23.8 Å². The quantitative estimate of drug-likeness (QED) is 0.304. The van der Waals surface area contributed by atoms with Crippen molar-refractivity contribution in [1.82, 2.24) is 19.1 Å². The van der Waals surface area contributed by atoms with Crippen LogP contribution in [0.5, 0.6) is 11.5 Å². The van der Waals surface area contributed by atoms with Crippen molar-refractivity contribution in [3.63, 3.8) is 0 Å². The van der Waals surface area contributed by atoms with Crippen molar-refractivity contribution in [2.75, 3.05) is 19.0 Å². The molecule has 0 aliphatic heterocycles. The molecule has 0 saturated heterocycles. The number of alkyl halides is 3. The predicted molar refractivity (Wildman–Crippen MR) is 143 cm³/mol. The fraction of sp³-hybridized carbons (Fsp3) is 0.143. The summed E-state index contributed by atoms with van der Waals surface area (Å²) in [4.78, 5) is 35.2. The zero-order chi connectivity index (χ0) is 28.3. The summed E-state index contributed by atoms with van der Waals surface area (Å²) in [7, 11) is 1.49. The molecule has 12 heteroatoms. The maximum Gasteiger partial charge on any atom is 0.405 e. The normalized spacial score (nSPS) is 11.4. The SMILES string of the molecule is COc1ccc(-n2c(=O)c3cnc(NCC(F)(F)F)nc3n(-c3ccc(OCc4ccccc4)cc3)c2=O)cc1. The standard InChI is InChI=1S/C28H22F3N5O4/c1-39-21-11-7-20(8-12-21)36-25(37)23-15-32-26(33-17-28(29,30)31)34-24(23)35(27(36)38)19-9-13-22(14-10-19)40-16-18-5-3-2-4-6-18/h2-15H,16-17H2,1H3,(H,32,33,34). The monoisotopic (exact) mass is 549 g/mol. The minimum Gasteiger partial charge on any atom is -0.497 e. The Morgan fingerprint density at radius 1 is 0.850 bits per heavy atom. The molecule has 0 aliphatic rings. The number of nitrogens with zero attached hydrogens (tertiary/aromatic N) is 4. The molecule has 0 aliphatic carbocycles. The molecule has 3 aromatic carbocycles. The lowest BCUT2D eigenvalue weighted by atomic mass is 10.2. The Kier molecular flexibility index (Phi) is 7.23. The Labute approximate surface area is 225 Å². The van der Waals surface area contributed by atoms with Gasteiger partial charge in [-0.15, -0.1) is 0 Å². The van der Waals surface area contributed by atoms with Crippen molar-refractivity contribution >= 4 is 17.0 Å². The van der Waals surface area contributed by atoms with Gasteiger partial charge in [0.25, 0.3) is 5.56 Å². The van der Waals surface area contributed by atoms with Crippen molar-refractivity contribution in [2.45, 2.75) is 12.8 Å². The Morgan fingerprint density at radius 2 is 1.48 bits per heavy atom. The molecular formula is C28H22F3N5O4. The lowest BCUT2D eigenvalue weighted by Gasteiger charge is -2.15. The lowest BCUT2D eigenvalue weighted by Crippen LogP contribution is -2.39. The first-order valence-electron chi connectivity index (χ1n) is 12.0. The highest BCUT2D eigenvalue weighted by molar-refractivity contribution is 5.76. The van der Waals surface area contributed by atoms with Gasteiger partial charge in [-0.25, -0.2) is 18.9 Å². The average molecular weight is 550 g/mol. The maximum atomic E-state index is 13.8. The van der Waals surface area contributed by atoms with E-state index in [9.17, 15) is 22.8 Å². The summed E-state index contributed by atoms with van der Waals surface area (Å²) in [5, 5.41) is 2.02. The summed E-state index contributed by atoms with van der Waals surface area (Å²) in [5.74, 6) is 0.658. The zero-order valence-electron chi connectivity index (χ0n) is 21.1. The van der Waals surface area contributed by atoms with Gasteiger partial charge in [-0.1, -0.05) is 30.3 Å². The number of aromatic nitrogens is 4. The number of hydrogen-bond acceptors (Lipinski definition) is 7. The minimum absolute atomic E-state index is 0.0719. The largest absolute Gasteiger partial charge is 0.497 e. The second-order valence-electron chi connectivity index (χ2n) is 8.62. The number of halogens is 3. The highest BCUT2D eigenvalue weighted by Gasteiger charge is 2.27. The topological polar surface area (TPSA) is 100 Å². The summed E-state index contributed by atoms with van der Waals surface area (Å²) in [6, 6.07) is 22.3. The molecule has 9 nitrogen and oxygen atoms in total. The first-order chi connectivity index (χ1) is 19.2. The van der Waals surface area contributed by atoms with Gasteiger partial charge in [-0.2, -0.15) is 18.2 Å². The minimum atomic E-state index is -4.52. The van der Waals surface area contributed by atoms with Crippen LogP contribution in [0.3, 0.4) is 0 Å². The van der Waals surface area contributed by atoms with Gasteiger partial charge in [0.15, 0.2) is 5.65 Å². The molecule has 2 aromatic heterocycles. The second-order valence-corrected chi connectivity index (χ2v) is 8.62. The smallest absolute Gasteiger partial charge is 0.405 e. The van der Waals surface area contributed by atoms with Gasteiger partial charge in [0.05, 0.1) is 18.5 Å². The Morgan fingerprint density at radius 3 is 2.10 bits per heavy atom. The van der Waals surface area contributed by atoms with E-state index in [1.54, 1.807) is 48.5 Å². The molecule has 0 radical (unpaired) electrons. The highest BCUT2D eigenvalue weighted by Crippen LogP contribution is 2.21. The van der Waals surface area contributed by atoms with E-state index in [1.807, 2.05) is 30.3 Å². The molecule has 0 amide bonds. The van der Waals surface area contributed by atoms with E-state index in [4.69, 9.17) is 9.47 Å². The number of ether oxygens (including phenoxy) is 2. The summed E-state index contributed by atoms with van der Waals surface area (Å²) in [6.07, 6.45) is -3.43. The molecule has 40 heavy (non-hydrogen) atoms. The number of nitrogens with one attached hydrogen (secondary N) is 1. The van der Waals surface area contributed by atoms with Gasteiger partial charge in [-0.3, -0.25) is 4.79 Å². The van der Waals surface area contributed by atoms with Crippen molar-refractivity contribution < 1.29 is 22.6 Å². The first-order valence-corrected chi connectivity index (χ1v) is 12.0. The van der Waals surface area contributed by atoms with Gasteiger partial charge >= 0.3 is 11.9 Å². The molecular weight excluding hydrogens is 527 g/mol. The highest BCUT2D eigenvalue weighted by atomic mass is 19.4. The third-order valence-corrected chi connectivity index (χ3v) is 5.92. The number of benzene rings is 3. The summed E-state index contributed by atoms with van der Waals surface area (Å²) >= 11 is 0. The van der Waals surface area contributed by atoms with Crippen molar-refractivity contribution in [3.05, 3.63) is 111 Å². The van der Waals surface area contributed by atoms with Gasteiger partial charge in [-0.05, 0) is 54.1 Å². The number of fused-ring (bicyclic) bond motifs is 1. The number of anilines is 1. The van der Waals surface area contributed by atoms with Crippen LogP contribution in [0.15, 0.2) is 94.6 Å². The summed E-state index contributed by atoms with van der Waals surface area (Å²) < 4.78 is 51.4. The molecule has 5 aromatic rings. The van der Waals surface area contributed by atoms with Gasteiger partial charge in [0, 0.05) is 6.20 Å². The maximum absolute atomic E-state index is 13.8. The molecule has 0 fully saturated rings. The van der Waals surface area contributed by atoms with E-state index in [2.05, 4.69) is 15.3 Å². The molecule has 0 spiro atoms. The molecule has 0 unspecified atom stereocenters. The number of methoxy groups -OCH3 is 1. The van der Waals surface area contributed by atoms with Crippen LogP contribution in [-0.2, 0) is 6.61 Å². The molecule has 0 atom stereocenters. The Bertz CT molecular complexity index is 1750. The van der Waals surface area contributed by atoms with Crippen LogP contribution in [0.25, 0.3) is 22.4 Å². The van der Waals surface area contributed by atoms with E-state index in [-0.39, 0.29) is 22.7 Å². The fourth-order valence-electron chi connectivity index (χ4n) is 3.98. The molecule has 2 heterocycles. The van der Waals surface area contributed by atoms with Crippen molar-refractivity contribution in [1.29, 1.82) is 0 Å². The van der Waals surface area contributed by atoms with Crippen LogP contribution in [0, 0.1) is 0 Å². The Balaban J connectivity index is 1.61. The van der Waals surface area contributed by atoms with Gasteiger partial charge in [0.2, 0.25) is 5.95 Å². The van der Waals surface area contributed by atoms with E-state index >= 15 is 0 Å². The van der Waals surface area contributed by atoms with Crippen LogP contribution in [-0.4, -0.2) is 38.9 Å². The van der Waals surface area contributed by atoms with Crippen LogP contribution in [0.2, 0.25) is 0 Å². The second kappa shape index (κ2) is 10.9. The average Bonchev–Trinajstić information content (AvgIpc) is 2.96. The molecule has 5 rings (SSSR count). The summed E-state index contributed by atoms with van der Waals surface area (Å²) in [5.41, 5.74) is -0.126. The molecule has 204 valence electrons. The molecule has 0 bridgehead atoms. The predicted octanol–water partition coefficient (Wildman–Crippen LogP) is 4.49. The van der Waals surface area contributed by atoms with E-state index < -0.39 is 24.0 Å². The summed E-state index contributed by atoms with van der Waals surface area (Å²) in [6.45, 7) is -1.06. The van der Waals surface area contributed by atoms with Crippen molar-refractivity contribution in [2.24, 2.45) is 0 Å². The van der Waals surface area contributed by atoms with E-state index in [0.717, 1.165) is 20.9 Å². The molecule has 1 N–H and O–H groups in total. The van der Waals surface area contributed by atoms with Gasteiger partial charge in [0.1, 0.15) is 30.0 Å². The lowest BCUT2D eigenvalue weighted by molar-refractivity contribution is -0.115. The number of rotatable bonds is 8. The zero-order valence-corrected chi connectivity index (χ0v) is 21.1. The Hall–Kier alpha value is -5.13.